The molecule has 0 radical (unpaired) electrons. The van der Waals surface area contributed by atoms with E-state index >= 15 is 4.39 Å². The Morgan fingerprint density at radius 1 is 1.18 bits per heavy atom. The number of carbonyl (C=O) groups excluding carboxylic acids is 1. The molecule has 1 aliphatic rings. The Morgan fingerprint density at radius 2 is 1.95 bits per heavy atom. The standard InChI is InChI=1S/C29H33F2N7O2/c1-15(2)35-27(39)20-6-7-21(30)25(26(20)31)22-8-5-18-13-34-28(38(18)37-22)36-23-14-33-10-9-19(23)17-11-16(3)29(4,40)24(32)12-17/h5-10,13-17,24,40H,11-12,32H2,1-4H3,(H,34,36)(H,35,39)/t16-,17+,24+,29+/m0/s1. The van der Waals surface area contributed by atoms with Gasteiger partial charge in [-0.05, 0) is 81.3 Å². The second-order valence-electron chi connectivity index (χ2n) is 11.0. The Morgan fingerprint density at radius 3 is 2.67 bits per heavy atom. The molecule has 11 heteroatoms. The van der Waals surface area contributed by atoms with Crippen molar-refractivity contribution in [2.45, 2.75) is 64.1 Å². The van der Waals surface area contributed by atoms with E-state index in [-0.39, 0.29) is 35.2 Å². The molecule has 5 N–H and O–H groups in total. The molecule has 4 atom stereocenters. The lowest BCUT2D eigenvalue weighted by Gasteiger charge is -2.44. The molecule has 0 bridgehead atoms. The molecule has 5 rings (SSSR count). The molecular formula is C29H33F2N7O2. The molecule has 1 aliphatic carbocycles. The van der Waals surface area contributed by atoms with Gasteiger partial charge < -0.3 is 21.5 Å². The molecule has 1 fully saturated rings. The lowest BCUT2D eigenvalue weighted by molar-refractivity contribution is -0.0463. The lowest BCUT2D eigenvalue weighted by atomic mass is 9.68. The van der Waals surface area contributed by atoms with Crippen LogP contribution in [0, 0.1) is 17.6 Å². The number of benzene rings is 1. The lowest BCUT2D eigenvalue weighted by Crippen LogP contribution is -2.54. The summed E-state index contributed by atoms with van der Waals surface area (Å²) in [5.74, 6) is -2.08. The van der Waals surface area contributed by atoms with Crippen molar-refractivity contribution < 1.29 is 18.7 Å². The number of hydrogen-bond acceptors (Lipinski definition) is 7. The summed E-state index contributed by atoms with van der Waals surface area (Å²) >= 11 is 0. The number of aromatic nitrogens is 4. The topological polar surface area (TPSA) is 130 Å². The molecule has 3 aromatic heterocycles. The summed E-state index contributed by atoms with van der Waals surface area (Å²) in [4.78, 5) is 21.2. The average molecular weight is 550 g/mol. The van der Waals surface area contributed by atoms with E-state index in [1.165, 1.54) is 10.6 Å². The normalized spacial score (nSPS) is 23.0. The van der Waals surface area contributed by atoms with E-state index < -0.39 is 28.7 Å². The van der Waals surface area contributed by atoms with Crippen LogP contribution in [-0.2, 0) is 0 Å². The van der Waals surface area contributed by atoms with Crippen molar-refractivity contribution >= 4 is 23.1 Å². The molecule has 1 saturated carbocycles. The average Bonchev–Trinajstić information content (AvgIpc) is 3.29. The van der Waals surface area contributed by atoms with Gasteiger partial charge in [-0.25, -0.2) is 13.8 Å². The second kappa shape index (κ2) is 10.5. The van der Waals surface area contributed by atoms with Crippen LogP contribution in [0.4, 0.5) is 20.4 Å². The summed E-state index contributed by atoms with van der Waals surface area (Å²) in [6.45, 7) is 7.28. The number of nitrogens with one attached hydrogen (secondary N) is 2. The van der Waals surface area contributed by atoms with Gasteiger partial charge in [0, 0.05) is 18.3 Å². The molecule has 0 unspecified atom stereocenters. The highest BCUT2D eigenvalue weighted by Gasteiger charge is 2.42. The number of fused-ring (bicyclic) bond motifs is 1. The van der Waals surface area contributed by atoms with Crippen LogP contribution >= 0.6 is 0 Å². The number of imidazole rings is 1. The monoisotopic (exact) mass is 549 g/mol. The molecule has 1 amide bonds. The van der Waals surface area contributed by atoms with Gasteiger partial charge in [0.05, 0.1) is 46.0 Å². The molecule has 0 aliphatic heterocycles. The SMILES string of the molecule is CC(C)NC(=O)c1ccc(F)c(-c2ccc3cnc(Nc4cnccc4[C@H]4C[C@@H](N)[C@](C)(O)[C@@H](C)C4)n3n2)c1F. The Kier molecular flexibility index (Phi) is 7.28. The summed E-state index contributed by atoms with van der Waals surface area (Å²) in [5.41, 5.74) is 6.98. The molecule has 40 heavy (non-hydrogen) atoms. The Hall–Kier alpha value is -3.96. The third-order valence-corrected chi connectivity index (χ3v) is 7.86. The number of nitrogens with zero attached hydrogens (tertiary/aromatic N) is 4. The Labute approximate surface area is 230 Å². The van der Waals surface area contributed by atoms with Gasteiger partial charge in [-0.15, -0.1) is 0 Å². The van der Waals surface area contributed by atoms with Crippen molar-refractivity contribution in [1.82, 2.24) is 24.9 Å². The first-order valence-electron chi connectivity index (χ1n) is 13.3. The van der Waals surface area contributed by atoms with Gasteiger partial charge in [0.25, 0.3) is 5.91 Å². The molecular weight excluding hydrogens is 516 g/mol. The number of rotatable bonds is 6. The van der Waals surface area contributed by atoms with E-state index in [0.29, 0.717) is 23.6 Å². The van der Waals surface area contributed by atoms with Crippen LogP contribution < -0.4 is 16.4 Å². The minimum atomic E-state index is -0.993. The summed E-state index contributed by atoms with van der Waals surface area (Å²) in [6.07, 6.45) is 6.31. The predicted octanol–water partition coefficient (Wildman–Crippen LogP) is 4.54. The van der Waals surface area contributed by atoms with Crippen molar-refractivity contribution in [3.8, 4) is 11.3 Å². The Balaban J connectivity index is 1.50. The summed E-state index contributed by atoms with van der Waals surface area (Å²) in [5, 5.41) is 21.1. The third-order valence-electron chi connectivity index (χ3n) is 7.86. The molecule has 4 aromatic rings. The van der Waals surface area contributed by atoms with E-state index in [1.807, 2.05) is 13.0 Å². The van der Waals surface area contributed by atoms with E-state index in [1.54, 1.807) is 45.4 Å². The first-order valence-corrected chi connectivity index (χ1v) is 13.3. The van der Waals surface area contributed by atoms with E-state index in [9.17, 15) is 14.3 Å². The number of aliphatic hydroxyl groups is 1. The van der Waals surface area contributed by atoms with Crippen LogP contribution in [0.15, 0.2) is 48.9 Å². The fourth-order valence-corrected chi connectivity index (χ4v) is 5.32. The summed E-state index contributed by atoms with van der Waals surface area (Å²) in [6, 6.07) is 6.62. The fraction of sp³-hybridized carbons (Fsp3) is 0.379. The zero-order valence-corrected chi connectivity index (χ0v) is 22.8. The van der Waals surface area contributed by atoms with E-state index in [4.69, 9.17) is 5.73 Å². The maximum Gasteiger partial charge on any atom is 0.254 e. The first-order chi connectivity index (χ1) is 19.0. The minimum Gasteiger partial charge on any atom is -0.388 e. The molecule has 3 heterocycles. The number of carbonyl (C=O) groups is 1. The van der Waals surface area contributed by atoms with Crippen LogP contribution in [0.25, 0.3) is 16.8 Å². The third kappa shape index (κ3) is 5.02. The van der Waals surface area contributed by atoms with Crippen LogP contribution in [0.3, 0.4) is 0 Å². The Bertz CT molecular complexity index is 1560. The molecule has 0 saturated heterocycles. The van der Waals surface area contributed by atoms with Crippen molar-refractivity contribution in [3.63, 3.8) is 0 Å². The minimum absolute atomic E-state index is 0.00321. The van der Waals surface area contributed by atoms with Crippen molar-refractivity contribution in [2.75, 3.05) is 5.32 Å². The van der Waals surface area contributed by atoms with Crippen molar-refractivity contribution in [3.05, 3.63) is 71.7 Å². The number of hydrogen-bond donors (Lipinski definition) is 4. The van der Waals surface area contributed by atoms with Gasteiger partial charge in [-0.2, -0.15) is 9.61 Å². The number of anilines is 2. The maximum atomic E-state index is 15.5. The molecule has 9 nitrogen and oxygen atoms in total. The molecule has 210 valence electrons. The van der Waals surface area contributed by atoms with Crippen LogP contribution in [0.2, 0.25) is 0 Å². The highest BCUT2D eigenvalue weighted by atomic mass is 19.1. The quantitative estimate of drug-likeness (QED) is 0.278. The fourth-order valence-electron chi connectivity index (χ4n) is 5.32. The van der Waals surface area contributed by atoms with Gasteiger partial charge in [-0.3, -0.25) is 9.78 Å². The zero-order valence-electron chi connectivity index (χ0n) is 22.8. The van der Waals surface area contributed by atoms with Crippen LogP contribution in [0.1, 0.15) is 62.4 Å². The van der Waals surface area contributed by atoms with E-state index in [2.05, 4.69) is 25.7 Å². The van der Waals surface area contributed by atoms with Gasteiger partial charge in [0.15, 0.2) is 0 Å². The highest BCUT2D eigenvalue weighted by Crippen LogP contribution is 2.43. The molecule has 0 spiro atoms. The predicted molar refractivity (Wildman–Crippen MR) is 148 cm³/mol. The number of amides is 1. The first kappa shape index (κ1) is 27.6. The number of halogens is 2. The van der Waals surface area contributed by atoms with Gasteiger partial charge in [0.1, 0.15) is 11.6 Å². The van der Waals surface area contributed by atoms with Gasteiger partial charge in [-0.1, -0.05) is 6.92 Å². The zero-order chi connectivity index (χ0) is 28.8. The largest absolute Gasteiger partial charge is 0.388 e. The van der Waals surface area contributed by atoms with Crippen LogP contribution in [-0.4, -0.2) is 48.3 Å². The highest BCUT2D eigenvalue weighted by molar-refractivity contribution is 5.96. The second-order valence-corrected chi connectivity index (χ2v) is 11.0. The summed E-state index contributed by atoms with van der Waals surface area (Å²) in [7, 11) is 0. The van der Waals surface area contributed by atoms with Crippen molar-refractivity contribution in [2.24, 2.45) is 11.7 Å². The van der Waals surface area contributed by atoms with Gasteiger partial charge in [0.2, 0.25) is 5.95 Å². The van der Waals surface area contributed by atoms with Crippen LogP contribution in [0.5, 0.6) is 0 Å². The number of nitrogens with two attached hydrogens (primary N) is 1. The molecule has 1 aromatic carbocycles. The summed E-state index contributed by atoms with van der Waals surface area (Å²) < 4.78 is 31.8. The van der Waals surface area contributed by atoms with E-state index in [0.717, 1.165) is 24.1 Å². The smallest absolute Gasteiger partial charge is 0.254 e. The van der Waals surface area contributed by atoms with Gasteiger partial charge >= 0.3 is 0 Å². The van der Waals surface area contributed by atoms with Crippen molar-refractivity contribution in [1.29, 1.82) is 0 Å². The maximum absolute atomic E-state index is 15.5. The number of pyridine rings is 1.